The minimum absolute atomic E-state index is 0.129. The first kappa shape index (κ1) is 18.8. The monoisotopic (exact) mass is 369 g/mol. The van der Waals surface area contributed by atoms with Crippen molar-refractivity contribution >= 4 is 23.4 Å². The van der Waals surface area contributed by atoms with Crippen LogP contribution < -0.4 is 10.2 Å². The van der Waals surface area contributed by atoms with Crippen LogP contribution in [0.1, 0.15) is 29.8 Å². The molecule has 1 amide bonds. The maximum atomic E-state index is 12.5. The number of carbonyl (C=O) groups excluding carboxylic acids is 1. The average molecular weight is 369 g/mol. The maximum Gasteiger partial charge on any atom is 0.307 e. The molecule has 0 bridgehead atoms. The van der Waals surface area contributed by atoms with E-state index in [0.717, 1.165) is 18.9 Å². The van der Waals surface area contributed by atoms with Gasteiger partial charge >= 0.3 is 5.97 Å². The van der Waals surface area contributed by atoms with E-state index in [9.17, 15) is 9.59 Å². The van der Waals surface area contributed by atoms with E-state index in [2.05, 4.69) is 15.2 Å². The zero-order valence-corrected chi connectivity index (χ0v) is 15.4. The van der Waals surface area contributed by atoms with Crippen LogP contribution in [0.25, 0.3) is 0 Å². The summed E-state index contributed by atoms with van der Waals surface area (Å²) in [5.41, 5.74) is 1.46. The van der Waals surface area contributed by atoms with Gasteiger partial charge in [-0.25, -0.2) is 4.98 Å². The van der Waals surface area contributed by atoms with Crippen LogP contribution in [-0.2, 0) is 16.0 Å². The second kappa shape index (κ2) is 8.18. The summed E-state index contributed by atoms with van der Waals surface area (Å²) < 4.78 is 5.73. The third-order valence-corrected chi connectivity index (χ3v) is 4.36. The molecule has 0 radical (unpaired) electrons. The lowest BCUT2D eigenvalue weighted by Crippen LogP contribution is -2.45. The number of carboxylic acid groups (broad SMARTS) is 1. The first-order chi connectivity index (χ1) is 12.9. The lowest BCUT2D eigenvalue weighted by Gasteiger charge is -2.36. The van der Waals surface area contributed by atoms with Crippen molar-refractivity contribution in [3.63, 3.8) is 0 Å². The fourth-order valence-electron chi connectivity index (χ4n) is 3.23. The van der Waals surface area contributed by atoms with Gasteiger partial charge in [0.15, 0.2) is 0 Å². The van der Waals surface area contributed by atoms with Crippen LogP contribution in [0.4, 0.5) is 11.5 Å². The Kier molecular flexibility index (Phi) is 5.71. The number of hydrogen-bond donors (Lipinski definition) is 2. The molecule has 1 aromatic carbocycles. The topological polar surface area (TPSA) is 91.8 Å². The molecule has 1 saturated heterocycles. The zero-order chi connectivity index (χ0) is 19.4. The van der Waals surface area contributed by atoms with E-state index in [0.29, 0.717) is 16.8 Å². The molecule has 0 saturated carbocycles. The Hall–Kier alpha value is -2.93. The molecule has 142 valence electrons. The highest BCUT2D eigenvalue weighted by molar-refractivity contribution is 6.04. The Morgan fingerprint density at radius 3 is 2.52 bits per heavy atom. The fourth-order valence-corrected chi connectivity index (χ4v) is 3.23. The first-order valence-electron chi connectivity index (χ1n) is 8.90. The average Bonchev–Trinajstić information content (AvgIpc) is 2.62. The molecule has 1 aliphatic rings. The van der Waals surface area contributed by atoms with E-state index in [1.807, 2.05) is 19.9 Å². The Balaban J connectivity index is 1.70. The van der Waals surface area contributed by atoms with Crippen molar-refractivity contribution in [1.82, 2.24) is 4.98 Å². The molecule has 2 unspecified atom stereocenters. The molecule has 2 atom stereocenters. The SMILES string of the molecule is CC1CN(c2ccc(C(=O)Nc3ccccc3CC(=O)O)cn2)CC(C)O1. The summed E-state index contributed by atoms with van der Waals surface area (Å²) in [6, 6.07) is 10.4. The van der Waals surface area contributed by atoms with E-state index in [1.165, 1.54) is 6.20 Å². The number of morpholine rings is 1. The number of benzene rings is 1. The van der Waals surface area contributed by atoms with Crippen LogP contribution in [0.2, 0.25) is 0 Å². The standard InChI is InChI=1S/C20H23N3O4/c1-13-11-23(12-14(2)27-13)18-8-7-16(10-21-18)20(26)22-17-6-4-3-5-15(17)9-19(24)25/h3-8,10,13-14H,9,11-12H2,1-2H3,(H,22,26)(H,24,25). The summed E-state index contributed by atoms with van der Waals surface area (Å²) in [4.78, 5) is 30.0. The highest BCUT2D eigenvalue weighted by Crippen LogP contribution is 2.20. The number of ether oxygens (including phenoxy) is 1. The molecule has 3 rings (SSSR count). The maximum absolute atomic E-state index is 12.5. The Bertz CT molecular complexity index is 812. The minimum Gasteiger partial charge on any atom is -0.481 e. The van der Waals surface area contributed by atoms with E-state index in [1.54, 1.807) is 30.3 Å². The third kappa shape index (κ3) is 4.83. The van der Waals surface area contributed by atoms with Crippen LogP contribution in [0.3, 0.4) is 0 Å². The van der Waals surface area contributed by atoms with Gasteiger partial charge in [-0.1, -0.05) is 18.2 Å². The number of anilines is 2. The lowest BCUT2D eigenvalue weighted by atomic mass is 10.1. The van der Waals surface area contributed by atoms with Crippen LogP contribution >= 0.6 is 0 Å². The van der Waals surface area contributed by atoms with Gasteiger partial charge in [0, 0.05) is 25.0 Å². The molecule has 2 heterocycles. The smallest absolute Gasteiger partial charge is 0.307 e. The highest BCUT2D eigenvalue weighted by Gasteiger charge is 2.23. The van der Waals surface area contributed by atoms with Crippen LogP contribution in [0.15, 0.2) is 42.6 Å². The molecule has 2 N–H and O–H groups in total. The second-order valence-electron chi connectivity index (χ2n) is 6.75. The quantitative estimate of drug-likeness (QED) is 0.842. The Morgan fingerprint density at radius 1 is 1.19 bits per heavy atom. The van der Waals surface area contributed by atoms with Gasteiger partial charge in [-0.2, -0.15) is 0 Å². The number of nitrogens with one attached hydrogen (secondary N) is 1. The molecule has 1 aromatic heterocycles. The molecular weight excluding hydrogens is 346 g/mol. The number of para-hydroxylation sites is 1. The number of carbonyl (C=O) groups is 2. The fraction of sp³-hybridized carbons (Fsp3) is 0.350. The summed E-state index contributed by atoms with van der Waals surface area (Å²) in [5.74, 6) is -0.466. The zero-order valence-electron chi connectivity index (χ0n) is 15.4. The molecule has 2 aromatic rings. The molecule has 1 fully saturated rings. The van der Waals surface area contributed by atoms with Crippen molar-refractivity contribution in [2.45, 2.75) is 32.5 Å². The van der Waals surface area contributed by atoms with Crippen LogP contribution in [-0.4, -0.2) is 47.3 Å². The number of nitrogens with zero attached hydrogens (tertiary/aromatic N) is 2. The number of aromatic nitrogens is 1. The number of amides is 1. The number of aliphatic carboxylic acids is 1. The summed E-state index contributed by atoms with van der Waals surface area (Å²) in [6.45, 7) is 5.56. The molecule has 27 heavy (non-hydrogen) atoms. The summed E-state index contributed by atoms with van der Waals surface area (Å²) in [6.07, 6.45) is 1.64. The van der Waals surface area contributed by atoms with Gasteiger partial charge in [0.05, 0.1) is 24.2 Å². The molecule has 0 spiro atoms. The number of rotatable bonds is 5. The van der Waals surface area contributed by atoms with Gasteiger partial charge in [-0.3, -0.25) is 9.59 Å². The van der Waals surface area contributed by atoms with E-state index in [-0.39, 0.29) is 24.5 Å². The van der Waals surface area contributed by atoms with Crippen molar-refractivity contribution in [2.75, 3.05) is 23.3 Å². The molecule has 7 nitrogen and oxygen atoms in total. The van der Waals surface area contributed by atoms with Gasteiger partial charge in [0.2, 0.25) is 0 Å². The number of pyridine rings is 1. The predicted molar refractivity (Wildman–Crippen MR) is 102 cm³/mol. The van der Waals surface area contributed by atoms with Crippen LogP contribution in [0.5, 0.6) is 0 Å². The van der Waals surface area contributed by atoms with Crippen molar-refractivity contribution in [1.29, 1.82) is 0 Å². The van der Waals surface area contributed by atoms with Gasteiger partial charge in [-0.15, -0.1) is 0 Å². The summed E-state index contributed by atoms with van der Waals surface area (Å²) in [7, 11) is 0. The van der Waals surface area contributed by atoms with Gasteiger partial charge in [0.25, 0.3) is 5.91 Å². The normalized spacial score (nSPS) is 19.6. The predicted octanol–water partition coefficient (Wildman–Crippen LogP) is 2.57. The second-order valence-corrected chi connectivity index (χ2v) is 6.75. The third-order valence-electron chi connectivity index (χ3n) is 4.36. The Labute approximate surface area is 158 Å². The van der Waals surface area contributed by atoms with Crippen molar-refractivity contribution in [2.24, 2.45) is 0 Å². The summed E-state index contributed by atoms with van der Waals surface area (Å²) in [5, 5.41) is 11.8. The van der Waals surface area contributed by atoms with Crippen molar-refractivity contribution in [3.05, 3.63) is 53.7 Å². The van der Waals surface area contributed by atoms with E-state index >= 15 is 0 Å². The van der Waals surface area contributed by atoms with E-state index in [4.69, 9.17) is 9.84 Å². The summed E-state index contributed by atoms with van der Waals surface area (Å²) >= 11 is 0. The lowest BCUT2D eigenvalue weighted by molar-refractivity contribution is -0.136. The molecular formula is C20H23N3O4. The van der Waals surface area contributed by atoms with Gasteiger partial charge in [0.1, 0.15) is 5.82 Å². The number of carboxylic acids is 1. The molecule has 1 aliphatic heterocycles. The van der Waals surface area contributed by atoms with E-state index < -0.39 is 5.97 Å². The molecule has 0 aliphatic carbocycles. The molecule has 7 heteroatoms. The van der Waals surface area contributed by atoms with Gasteiger partial charge in [-0.05, 0) is 37.6 Å². The van der Waals surface area contributed by atoms with Crippen molar-refractivity contribution < 1.29 is 19.4 Å². The van der Waals surface area contributed by atoms with Gasteiger partial charge < -0.3 is 20.1 Å². The van der Waals surface area contributed by atoms with Crippen LogP contribution in [0, 0.1) is 0 Å². The van der Waals surface area contributed by atoms with Crippen molar-refractivity contribution in [3.8, 4) is 0 Å². The highest BCUT2D eigenvalue weighted by atomic mass is 16.5. The first-order valence-corrected chi connectivity index (χ1v) is 8.90. The minimum atomic E-state index is -0.948. The largest absolute Gasteiger partial charge is 0.481 e. The number of hydrogen-bond acceptors (Lipinski definition) is 5. The Morgan fingerprint density at radius 2 is 1.89 bits per heavy atom.